The van der Waals surface area contributed by atoms with Crippen molar-refractivity contribution in [3.8, 4) is 24.0 Å². The summed E-state index contributed by atoms with van der Waals surface area (Å²) in [6.07, 6.45) is 4.06. The summed E-state index contributed by atoms with van der Waals surface area (Å²) in [6, 6.07) is 27.9. The summed E-state index contributed by atoms with van der Waals surface area (Å²) in [5, 5.41) is 26.0. The highest BCUT2D eigenvalue weighted by Gasteiger charge is 2.55. The van der Waals surface area contributed by atoms with Crippen LogP contribution in [0.1, 0.15) is 29.8 Å². The molecule has 1 fully saturated rings. The molecule has 3 heterocycles. The lowest BCUT2D eigenvalue weighted by Crippen LogP contribution is -2.45. The number of nitrogens with zero attached hydrogens (tertiary/aromatic N) is 4. The highest BCUT2D eigenvalue weighted by molar-refractivity contribution is 14.1. The molecule has 3 N–H and O–H groups in total. The van der Waals surface area contributed by atoms with Crippen LogP contribution in [-0.4, -0.2) is 65.7 Å². The van der Waals surface area contributed by atoms with Gasteiger partial charge in [0.05, 0.1) is 26.1 Å². The van der Waals surface area contributed by atoms with E-state index < -0.39 is 29.6 Å². The van der Waals surface area contributed by atoms with Crippen LogP contribution in [0.4, 0.5) is 5.95 Å². The largest absolute Gasteiger partial charge is 0.497 e. The summed E-state index contributed by atoms with van der Waals surface area (Å²) in [5.41, 5.74) is 0.450. The van der Waals surface area contributed by atoms with Gasteiger partial charge >= 0.3 is 0 Å². The number of aromatic nitrogens is 4. The molecule has 0 bridgehead atoms. The first-order chi connectivity index (χ1) is 21.9. The normalized spacial score (nSPS) is 21.4. The van der Waals surface area contributed by atoms with E-state index in [-0.39, 0.29) is 11.8 Å². The fourth-order valence-electron chi connectivity index (χ4n) is 5.79. The third-order valence-electron chi connectivity index (χ3n) is 8.03. The van der Waals surface area contributed by atoms with Gasteiger partial charge in [0.2, 0.25) is 11.8 Å². The molecule has 11 heteroatoms. The highest BCUT2D eigenvalue weighted by atomic mass is 127. The molecule has 0 aliphatic carbocycles. The third-order valence-corrected chi connectivity index (χ3v) is 8.89. The molecule has 0 unspecified atom stereocenters. The number of rotatable bonds is 10. The summed E-state index contributed by atoms with van der Waals surface area (Å²) in [7, 11) is 1.63. The van der Waals surface area contributed by atoms with E-state index in [1.807, 2.05) is 91.9 Å². The predicted octanol–water partition coefficient (Wildman–Crippen LogP) is 4.70. The zero-order valence-corrected chi connectivity index (χ0v) is 26.8. The van der Waals surface area contributed by atoms with Gasteiger partial charge in [-0.25, -0.2) is 4.98 Å². The molecule has 1 aliphatic rings. The second-order valence-electron chi connectivity index (χ2n) is 10.5. The van der Waals surface area contributed by atoms with Gasteiger partial charge in [0.25, 0.3) is 0 Å². The van der Waals surface area contributed by atoms with E-state index in [0.717, 1.165) is 22.4 Å². The standard InChI is InChI=1S/C34H32IN5O5/c1-4-33(42)28(41)26(20-35)45-31(33)40-21-36-27-29(40)37-32(38-30(27)44-5-2)39-34(22-12-8-6-9-13-22,23-14-10-7-11-15-23)24-16-18-25(43-3)19-17-24/h1,6-19,21,26,28,31,41-42H,5,20H2,2-3H3,(H,37,38,39)/t26-,28-,31-,33-/m1/s1. The lowest BCUT2D eigenvalue weighted by Gasteiger charge is -2.37. The Labute approximate surface area is 274 Å². The summed E-state index contributed by atoms with van der Waals surface area (Å²) >= 11 is 2.09. The second kappa shape index (κ2) is 12.6. The first-order valence-electron chi connectivity index (χ1n) is 14.4. The van der Waals surface area contributed by atoms with Gasteiger partial charge in [-0.2, -0.15) is 9.97 Å². The van der Waals surface area contributed by atoms with Gasteiger partial charge in [-0.3, -0.25) is 4.57 Å². The Morgan fingerprint density at radius 1 is 1.02 bits per heavy atom. The first-order valence-corrected chi connectivity index (χ1v) is 15.9. The molecule has 0 radical (unpaired) electrons. The Morgan fingerprint density at radius 3 is 2.20 bits per heavy atom. The fourth-order valence-corrected chi connectivity index (χ4v) is 6.47. The monoisotopic (exact) mass is 717 g/mol. The summed E-state index contributed by atoms with van der Waals surface area (Å²) in [5.74, 6) is 3.54. The van der Waals surface area contributed by atoms with Crippen molar-refractivity contribution in [3.05, 3.63) is 108 Å². The third kappa shape index (κ3) is 5.27. The minimum atomic E-state index is -2.02. The molecule has 45 heavy (non-hydrogen) atoms. The van der Waals surface area contributed by atoms with Crippen molar-refractivity contribution in [2.75, 3.05) is 23.5 Å². The Balaban J connectivity index is 1.58. The Bertz CT molecular complexity index is 1770. The molecule has 2 aromatic heterocycles. The average molecular weight is 718 g/mol. The van der Waals surface area contributed by atoms with Crippen LogP contribution in [0.5, 0.6) is 11.6 Å². The maximum Gasteiger partial charge on any atom is 0.247 e. The van der Waals surface area contributed by atoms with Crippen LogP contribution in [0.3, 0.4) is 0 Å². The first kappa shape index (κ1) is 30.8. The van der Waals surface area contributed by atoms with Crippen molar-refractivity contribution < 1.29 is 24.4 Å². The van der Waals surface area contributed by atoms with Gasteiger partial charge in [-0.15, -0.1) is 6.42 Å². The number of halogens is 1. The molecular formula is C34H32IN5O5. The molecule has 3 aromatic carbocycles. The Kier molecular flexibility index (Phi) is 8.65. The molecule has 1 saturated heterocycles. The molecule has 5 aromatic rings. The second-order valence-corrected chi connectivity index (χ2v) is 11.4. The van der Waals surface area contributed by atoms with E-state index in [1.54, 1.807) is 7.11 Å². The Morgan fingerprint density at radius 2 is 1.64 bits per heavy atom. The van der Waals surface area contributed by atoms with Gasteiger partial charge < -0.3 is 29.7 Å². The van der Waals surface area contributed by atoms with E-state index in [4.69, 9.17) is 30.6 Å². The van der Waals surface area contributed by atoms with Gasteiger partial charge in [0.1, 0.15) is 17.4 Å². The number of aliphatic hydroxyl groups is 2. The predicted molar refractivity (Wildman–Crippen MR) is 178 cm³/mol. The number of imidazole rings is 1. The molecule has 4 atom stereocenters. The van der Waals surface area contributed by atoms with E-state index in [9.17, 15) is 10.2 Å². The van der Waals surface area contributed by atoms with Crippen molar-refractivity contribution in [1.29, 1.82) is 0 Å². The number of terminal acetylenes is 1. The average Bonchev–Trinajstić information content (AvgIpc) is 3.62. The molecule has 0 saturated carbocycles. The van der Waals surface area contributed by atoms with Crippen LogP contribution in [-0.2, 0) is 10.3 Å². The number of benzene rings is 3. The Hall–Kier alpha value is -4.22. The number of hydrogen-bond acceptors (Lipinski definition) is 9. The van der Waals surface area contributed by atoms with Crippen LogP contribution >= 0.6 is 22.6 Å². The zero-order chi connectivity index (χ0) is 31.6. The number of aliphatic hydroxyl groups excluding tert-OH is 1. The topological polar surface area (TPSA) is 124 Å². The van der Waals surface area contributed by atoms with Crippen LogP contribution in [0.2, 0.25) is 0 Å². The van der Waals surface area contributed by atoms with Crippen LogP contribution in [0.15, 0.2) is 91.3 Å². The molecule has 10 nitrogen and oxygen atoms in total. The number of methoxy groups -OCH3 is 1. The van der Waals surface area contributed by atoms with E-state index >= 15 is 0 Å². The van der Waals surface area contributed by atoms with Crippen LogP contribution in [0, 0.1) is 12.3 Å². The van der Waals surface area contributed by atoms with E-state index in [1.165, 1.54) is 10.9 Å². The van der Waals surface area contributed by atoms with Gasteiger partial charge in [-0.05, 0) is 35.7 Å². The van der Waals surface area contributed by atoms with E-state index in [2.05, 4.69) is 38.8 Å². The molecule has 230 valence electrons. The highest BCUT2D eigenvalue weighted by Crippen LogP contribution is 2.43. The lowest BCUT2D eigenvalue weighted by molar-refractivity contribution is -0.0669. The molecule has 0 amide bonds. The number of alkyl halides is 1. The van der Waals surface area contributed by atoms with Crippen molar-refractivity contribution in [2.24, 2.45) is 0 Å². The maximum absolute atomic E-state index is 11.4. The van der Waals surface area contributed by atoms with Gasteiger partial charge in [0, 0.05) is 4.43 Å². The van der Waals surface area contributed by atoms with Crippen molar-refractivity contribution in [2.45, 2.75) is 36.5 Å². The van der Waals surface area contributed by atoms with Crippen LogP contribution in [0.25, 0.3) is 11.2 Å². The van der Waals surface area contributed by atoms with Crippen LogP contribution < -0.4 is 14.8 Å². The molecule has 0 spiro atoms. The number of nitrogens with one attached hydrogen (secondary N) is 1. The van der Waals surface area contributed by atoms with Gasteiger partial charge in [-0.1, -0.05) is 101 Å². The summed E-state index contributed by atoms with van der Waals surface area (Å²) < 4.78 is 19.5. The van der Waals surface area contributed by atoms with E-state index in [0.29, 0.717) is 22.2 Å². The smallest absolute Gasteiger partial charge is 0.247 e. The van der Waals surface area contributed by atoms with Crippen molar-refractivity contribution in [1.82, 2.24) is 19.5 Å². The SMILES string of the molecule is C#C[C@@]1(O)[C@H](O)[C@@H](CI)O[C@H]1n1cnc2c(OCC)nc(NC(c3ccccc3)(c3ccccc3)c3ccc(OC)cc3)nc21. The molecule has 6 rings (SSSR count). The maximum atomic E-state index is 11.4. The minimum absolute atomic E-state index is 0.226. The summed E-state index contributed by atoms with van der Waals surface area (Å²) in [6.45, 7) is 2.18. The minimum Gasteiger partial charge on any atom is -0.497 e. The van der Waals surface area contributed by atoms with Crippen molar-refractivity contribution in [3.63, 3.8) is 0 Å². The summed E-state index contributed by atoms with van der Waals surface area (Å²) in [4.78, 5) is 14.2. The van der Waals surface area contributed by atoms with Gasteiger partial charge in [0.15, 0.2) is 23.0 Å². The van der Waals surface area contributed by atoms with Crippen molar-refractivity contribution >= 4 is 39.7 Å². The molecular weight excluding hydrogens is 685 g/mol. The number of anilines is 1. The number of hydrogen-bond donors (Lipinski definition) is 3. The quantitative estimate of drug-likeness (QED) is 0.0818. The molecule has 1 aliphatic heterocycles. The zero-order valence-electron chi connectivity index (χ0n) is 24.7. The lowest BCUT2D eigenvalue weighted by atomic mass is 9.77. The number of ether oxygens (including phenoxy) is 3. The fraction of sp³-hybridized carbons (Fsp3) is 0.265. The number of fused-ring (bicyclic) bond motifs is 1.